The van der Waals surface area contributed by atoms with Gasteiger partial charge in [-0.05, 0) is 42.4 Å². The second-order valence-corrected chi connectivity index (χ2v) is 5.46. The maximum absolute atomic E-state index is 11.9. The van der Waals surface area contributed by atoms with Crippen molar-refractivity contribution in [1.82, 2.24) is 15.8 Å². The second-order valence-electron chi connectivity index (χ2n) is 5.46. The summed E-state index contributed by atoms with van der Waals surface area (Å²) >= 11 is 0. The van der Waals surface area contributed by atoms with Crippen molar-refractivity contribution in [3.63, 3.8) is 0 Å². The highest BCUT2D eigenvalue weighted by Gasteiger charge is 2.28. The molecule has 1 fully saturated rings. The molecule has 2 aliphatic rings. The van der Waals surface area contributed by atoms with E-state index in [2.05, 4.69) is 22.9 Å². The zero-order valence-corrected chi connectivity index (χ0v) is 11.6. The molecule has 1 aromatic rings. The van der Waals surface area contributed by atoms with E-state index < -0.39 is 11.9 Å². The summed E-state index contributed by atoms with van der Waals surface area (Å²) in [6, 6.07) is 5.53. The van der Waals surface area contributed by atoms with Crippen LogP contribution in [0.4, 0.5) is 4.79 Å². The first-order valence-electron chi connectivity index (χ1n) is 7.13. The first kappa shape index (κ1) is 13.6. The van der Waals surface area contributed by atoms with E-state index in [0.29, 0.717) is 0 Å². The summed E-state index contributed by atoms with van der Waals surface area (Å²) in [4.78, 5) is 34.3. The van der Waals surface area contributed by atoms with Crippen LogP contribution in [0.2, 0.25) is 0 Å². The number of carbonyl (C=O) groups is 3. The van der Waals surface area contributed by atoms with Crippen LogP contribution in [0, 0.1) is 0 Å². The molecule has 1 aliphatic carbocycles. The standard InChI is InChI=1S/C15H17N3O3/c19-13(17-18-9-14(20)16-15(18)21)8-10-5-6-11-3-1-2-4-12(11)7-10/h5-7H,1-4,8-9H2,(H,17,19)(H,16,20,21). The van der Waals surface area contributed by atoms with Crippen LogP contribution in [-0.4, -0.2) is 29.4 Å². The summed E-state index contributed by atoms with van der Waals surface area (Å²) in [5.74, 6) is -0.704. The van der Waals surface area contributed by atoms with Gasteiger partial charge >= 0.3 is 6.03 Å². The van der Waals surface area contributed by atoms with Gasteiger partial charge in [0.2, 0.25) is 11.8 Å². The lowest BCUT2D eigenvalue weighted by Gasteiger charge is -2.17. The van der Waals surface area contributed by atoms with Gasteiger partial charge in [0.05, 0.1) is 6.42 Å². The fourth-order valence-electron chi connectivity index (χ4n) is 2.80. The van der Waals surface area contributed by atoms with Crippen LogP contribution < -0.4 is 10.7 Å². The number of nitrogens with zero attached hydrogens (tertiary/aromatic N) is 1. The van der Waals surface area contributed by atoms with Crippen molar-refractivity contribution in [1.29, 1.82) is 0 Å². The fraction of sp³-hybridized carbons (Fsp3) is 0.400. The largest absolute Gasteiger partial charge is 0.343 e. The number of imide groups is 1. The number of aryl methyl sites for hydroxylation is 2. The Morgan fingerprint density at radius 3 is 2.67 bits per heavy atom. The van der Waals surface area contributed by atoms with Crippen molar-refractivity contribution < 1.29 is 14.4 Å². The molecule has 21 heavy (non-hydrogen) atoms. The molecule has 3 rings (SSSR count). The SMILES string of the molecule is O=C1CN(NC(=O)Cc2ccc3c(c2)CCCC3)C(=O)N1. The topological polar surface area (TPSA) is 78.5 Å². The Hall–Kier alpha value is -2.37. The Morgan fingerprint density at radius 1 is 1.19 bits per heavy atom. The number of rotatable bonds is 3. The average molecular weight is 287 g/mol. The number of benzene rings is 1. The lowest BCUT2D eigenvalue weighted by Crippen LogP contribution is -2.44. The monoisotopic (exact) mass is 287 g/mol. The van der Waals surface area contributed by atoms with Gasteiger partial charge in [-0.1, -0.05) is 18.2 Å². The number of fused-ring (bicyclic) bond motifs is 1. The Kier molecular flexibility index (Phi) is 3.60. The highest BCUT2D eigenvalue weighted by atomic mass is 16.2. The number of urea groups is 1. The first-order valence-corrected chi connectivity index (χ1v) is 7.13. The van der Waals surface area contributed by atoms with Gasteiger partial charge in [0, 0.05) is 0 Å². The third-order valence-electron chi connectivity index (χ3n) is 3.83. The van der Waals surface area contributed by atoms with Crippen LogP contribution in [0.5, 0.6) is 0 Å². The molecule has 0 radical (unpaired) electrons. The van der Waals surface area contributed by atoms with Gasteiger partial charge in [0.15, 0.2) is 0 Å². The minimum absolute atomic E-state index is 0.130. The van der Waals surface area contributed by atoms with Gasteiger partial charge in [0.1, 0.15) is 6.54 Å². The number of carbonyl (C=O) groups excluding carboxylic acids is 3. The van der Waals surface area contributed by atoms with Gasteiger partial charge < -0.3 is 0 Å². The van der Waals surface area contributed by atoms with Gasteiger partial charge in [-0.15, -0.1) is 0 Å². The van der Waals surface area contributed by atoms with E-state index >= 15 is 0 Å². The number of hydrogen-bond acceptors (Lipinski definition) is 3. The molecule has 6 heteroatoms. The van der Waals surface area contributed by atoms with Gasteiger partial charge in [-0.25, -0.2) is 9.80 Å². The predicted octanol–water partition coefficient (Wildman–Crippen LogP) is 0.691. The molecule has 1 aromatic carbocycles. The maximum atomic E-state index is 11.9. The third kappa shape index (κ3) is 3.04. The van der Waals surface area contributed by atoms with E-state index in [4.69, 9.17) is 0 Å². The molecular formula is C15H17N3O3. The molecule has 1 saturated heterocycles. The van der Waals surface area contributed by atoms with E-state index in [1.54, 1.807) is 0 Å². The van der Waals surface area contributed by atoms with Gasteiger partial charge in [0.25, 0.3) is 0 Å². The van der Waals surface area contributed by atoms with Crippen molar-refractivity contribution in [3.8, 4) is 0 Å². The smallest absolute Gasteiger partial charge is 0.275 e. The highest BCUT2D eigenvalue weighted by molar-refractivity contribution is 6.02. The van der Waals surface area contributed by atoms with Crippen LogP contribution in [0.25, 0.3) is 0 Å². The number of hydrazine groups is 1. The normalized spacial score (nSPS) is 17.4. The van der Waals surface area contributed by atoms with Crippen LogP contribution >= 0.6 is 0 Å². The van der Waals surface area contributed by atoms with E-state index in [1.807, 2.05) is 6.07 Å². The fourth-order valence-corrected chi connectivity index (χ4v) is 2.80. The molecule has 0 atom stereocenters. The molecule has 0 spiro atoms. The lowest BCUT2D eigenvalue weighted by molar-refractivity contribution is -0.124. The van der Waals surface area contributed by atoms with Crippen molar-refractivity contribution in [2.24, 2.45) is 0 Å². The van der Waals surface area contributed by atoms with Crippen molar-refractivity contribution in [2.45, 2.75) is 32.1 Å². The number of nitrogens with one attached hydrogen (secondary N) is 2. The van der Waals surface area contributed by atoms with Gasteiger partial charge in [-0.2, -0.15) is 0 Å². The Labute approximate surface area is 122 Å². The second kappa shape index (κ2) is 5.55. The Bertz CT molecular complexity index is 612. The number of amides is 4. The minimum atomic E-state index is -0.584. The predicted molar refractivity (Wildman–Crippen MR) is 75.2 cm³/mol. The first-order chi connectivity index (χ1) is 10.1. The summed E-state index contributed by atoms with van der Waals surface area (Å²) in [6.45, 7) is -0.130. The van der Waals surface area contributed by atoms with Crippen LogP contribution in [0.15, 0.2) is 18.2 Å². The van der Waals surface area contributed by atoms with E-state index in [9.17, 15) is 14.4 Å². The van der Waals surface area contributed by atoms with E-state index in [-0.39, 0.29) is 18.9 Å². The average Bonchev–Trinajstić information content (AvgIpc) is 2.76. The summed E-state index contributed by atoms with van der Waals surface area (Å²) in [6.07, 6.45) is 4.79. The van der Waals surface area contributed by atoms with Crippen LogP contribution in [-0.2, 0) is 28.9 Å². The maximum Gasteiger partial charge on any atom is 0.343 e. The summed E-state index contributed by atoms with van der Waals surface area (Å²) in [7, 11) is 0. The van der Waals surface area contributed by atoms with Crippen LogP contribution in [0.1, 0.15) is 29.5 Å². The molecule has 1 heterocycles. The molecule has 110 valence electrons. The number of hydrogen-bond donors (Lipinski definition) is 2. The molecule has 0 bridgehead atoms. The molecule has 1 aliphatic heterocycles. The van der Waals surface area contributed by atoms with Gasteiger partial charge in [-0.3, -0.25) is 20.3 Å². The minimum Gasteiger partial charge on any atom is -0.275 e. The zero-order chi connectivity index (χ0) is 14.8. The van der Waals surface area contributed by atoms with Crippen LogP contribution in [0.3, 0.4) is 0 Å². The molecule has 4 amide bonds. The third-order valence-corrected chi connectivity index (χ3v) is 3.83. The quantitative estimate of drug-likeness (QED) is 0.803. The van der Waals surface area contributed by atoms with Crippen molar-refractivity contribution >= 4 is 17.8 Å². The molecular weight excluding hydrogens is 270 g/mol. The summed E-state index contributed by atoms with van der Waals surface area (Å²) in [5, 5.41) is 3.11. The lowest BCUT2D eigenvalue weighted by atomic mass is 9.90. The molecule has 2 N–H and O–H groups in total. The van der Waals surface area contributed by atoms with E-state index in [0.717, 1.165) is 23.4 Å². The Morgan fingerprint density at radius 2 is 1.95 bits per heavy atom. The Balaban J connectivity index is 1.62. The van der Waals surface area contributed by atoms with Crippen molar-refractivity contribution in [2.75, 3.05) is 6.54 Å². The molecule has 6 nitrogen and oxygen atoms in total. The highest BCUT2D eigenvalue weighted by Crippen LogP contribution is 2.22. The van der Waals surface area contributed by atoms with E-state index in [1.165, 1.54) is 24.0 Å². The molecule has 0 saturated carbocycles. The molecule has 0 aromatic heterocycles. The zero-order valence-electron chi connectivity index (χ0n) is 11.6. The summed E-state index contributed by atoms with van der Waals surface area (Å²) in [5.41, 5.74) is 6.07. The van der Waals surface area contributed by atoms with Crippen molar-refractivity contribution in [3.05, 3.63) is 34.9 Å². The summed E-state index contributed by atoms with van der Waals surface area (Å²) < 4.78 is 0. The molecule has 0 unspecified atom stereocenters.